The van der Waals surface area contributed by atoms with Gasteiger partial charge in [-0.2, -0.15) is 0 Å². The summed E-state index contributed by atoms with van der Waals surface area (Å²) >= 11 is 0. The first-order valence-corrected chi connectivity index (χ1v) is 9.40. The minimum Gasteiger partial charge on any atom is -0.356 e. The van der Waals surface area contributed by atoms with Crippen LogP contribution < -0.4 is 0 Å². The van der Waals surface area contributed by atoms with Gasteiger partial charge < -0.3 is 37.9 Å². The van der Waals surface area contributed by atoms with E-state index in [-0.39, 0.29) is 37.0 Å². The van der Waals surface area contributed by atoms with Crippen LogP contribution >= 0.6 is 0 Å². The minimum absolute atomic E-state index is 0.141. The van der Waals surface area contributed by atoms with Gasteiger partial charge in [-0.05, 0) is 0 Å². The second-order valence-corrected chi connectivity index (χ2v) is 7.47. The average molecular weight is 374 g/mol. The molecule has 0 aromatic rings. The van der Waals surface area contributed by atoms with Gasteiger partial charge in [0, 0.05) is 67.0 Å². The van der Waals surface area contributed by atoms with Gasteiger partial charge in [0.1, 0.15) is 12.2 Å². The molecule has 0 radical (unpaired) electrons. The number of rotatable bonds is 4. The maximum absolute atomic E-state index is 6.43. The first-order valence-electron chi connectivity index (χ1n) is 9.40. The molecule has 0 saturated carbocycles. The molecule has 4 saturated heterocycles. The third-order valence-corrected chi connectivity index (χ3v) is 6.30. The van der Waals surface area contributed by atoms with Crippen molar-refractivity contribution in [1.82, 2.24) is 0 Å². The van der Waals surface area contributed by atoms with E-state index in [1.807, 2.05) is 0 Å². The molecule has 0 aromatic carbocycles. The summed E-state index contributed by atoms with van der Waals surface area (Å²) in [6.45, 7) is 0. The van der Waals surface area contributed by atoms with Crippen molar-refractivity contribution in [2.45, 2.75) is 87.1 Å². The van der Waals surface area contributed by atoms with Crippen molar-refractivity contribution in [1.29, 1.82) is 0 Å². The van der Waals surface area contributed by atoms with Gasteiger partial charge in [0.25, 0.3) is 0 Å². The van der Waals surface area contributed by atoms with Crippen LogP contribution in [0.1, 0.15) is 38.5 Å². The zero-order chi connectivity index (χ0) is 18.4. The predicted octanol–water partition coefficient (Wildman–Crippen LogP) is 1.55. The van der Waals surface area contributed by atoms with Gasteiger partial charge in [-0.1, -0.05) is 0 Å². The number of fused-ring (bicyclic) bond motifs is 3. The van der Waals surface area contributed by atoms with Crippen LogP contribution in [0.5, 0.6) is 0 Å². The number of methoxy groups -OCH3 is 4. The Bertz CT molecular complexity index is 460. The van der Waals surface area contributed by atoms with E-state index >= 15 is 0 Å². The van der Waals surface area contributed by atoms with Crippen molar-refractivity contribution < 1.29 is 37.9 Å². The molecule has 4 aliphatic heterocycles. The molecule has 0 aromatic heterocycles. The molecule has 8 heteroatoms. The lowest BCUT2D eigenvalue weighted by Crippen LogP contribution is -2.68. The second-order valence-electron chi connectivity index (χ2n) is 7.47. The molecular weight excluding hydrogens is 344 g/mol. The first kappa shape index (κ1) is 19.0. The van der Waals surface area contributed by atoms with Crippen LogP contribution in [-0.4, -0.2) is 77.0 Å². The Hall–Kier alpha value is -0.320. The molecule has 150 valence electrons. The summed E-state index contributed by atoms with van der Waals surface area (Å²) in [7, 11) is 6.66. The molecule has 0 N–H and O–H groups in total. The second kappa shape index (κ2) is 7.25. The number of ether oxygens (including phenoxy) is 8. The van der Waals surface area contributed by atoms with Gasteiger partial charge in [-0.25, -0.2) is 0 Å². The smallest absolute Gasteiger partial charge is 0.195 e. The first-order chi connectivity index (χ1) is 12.6. The van der Waals surface area contributed by atoms with Crippen molar-refractivity contribution in [3.05, 3.63) is 0 Å². The normalized spacial score (nSPS) is 51.2. The van der Waals surface area contributed by atoms with E-state index < -0.39 is 11.6 Å². The lowest BCUT2D eigenvalue weighted by molar-refractivity contribution is -0.434. The number of hydrogen-bond donors (Lipinski definition) is 0. The molecule has 0 aliphatic carbocycles. The maximum Gasteiger partial charge on any atom is 0.195 e. The van der Waals surface area contributed by atoms with Gasteiger partial charge in [0.05, 0.1) is 12.2 Å². The van der Waals surface area contributed by atoms with E-state index in [2.05, 4.69) is 0 Å². The summed E-state index contributed by atoms with van der Waals surface area (Å²) < 4.78 is 47.4. The summed E-state index contributed by atoms with van der Waals surface area (Å²) in [4.78, 5) is 0. The SMILES string of the molecule is COC1CC[C@@]2(OC)O[C@H]3C[C@H]4OC(OC)CC[C@]4(OC)O[C@@H]3C[C@@H]2O1. The zero-order valence-corrected chi connectivity index (χ0v) is 16.0. The zero-order valence-electron chi connectivity index (χ0n) is 16.0. The van der Waals surface area contributed by atoms with Gasteiger partial charge in [-0.3, -0.25) is 0 Å². The highest BCUT2D eigenvalue weighted by atomic mass is 16.8. The predicted molar refractivity (Wildman–Crippen MR) is 88.3 cm³/mol. The van der Waals surface area contributed by atoms with Crippen molar-refractivity contribution in [3.8, 4) is 0 Å². The Morgan fingerprint density at radius 3 is 1.46 bits per heavy atom. The van der Waals surface area contributed by atoms with E-state index in [0.29, 0.717) is 12.8 Å². The van der Waals surface area contributed by atoms with Crippen LogP contribution in [-0.2, 0) is 37.9 Å². The Morgan fingerprint density at radius 1 is 0.692 bits per heavy atom. The van der Waals surface area contributed by atoms with Gasteiger partial charge in [0.15, 0.2) is 24.2 Å². The highest BCUT2D eigenvalue weighted by Crippen LogP contribution is 2.49. The van der Waals surface area contributed by atoms with Crippen molar-refractivity contribution >= 4 is 0 Å². The minimum atomic E-state index is -0.762. The summed E-state index contributed by atoms with van der Waals surface area (Å²) in [6, 6.07) is 0. The molecule has 4 rings (SSSR count). The lowest BCUT2D eigenvalue weighted by atomic mass is 9.83. The maximum atomic E-state index is 6.43. The van der Waals surface area contributed by atoms with Crippen LogP contribution in [0.2, 0.25) is 0 Å². The summed E-state index contributed by atoms with van der Waals surface area (Å²) in [5, 5.41) is 0. The standard InChI is InChI=1S/C18H30O8/c1-19-15-5-7-17(21-3)13(23-15)9-11-12(25-17)10-14-18(22-4,26-11)8-6-16(20-2)24-14/h11-16H,5-10H2,1-4H3/t11-,12+,13+,14-,15?,16?,17-,18+. The molecule has 0 spiro atoms. The average Bonchev–Trinajstić information content (AvgIpc) is 2.69. The van der Waals surface area contributed by atoms with E-state index in [1.54, 1.807) is 28.4 Å². The van der Waals surface area contributed by atoms with Crippen LogP contribution in [0.15, 0.2) is 0 Å². The van der Waals surface area contributed by atoms with E-state index in [0.717, 1.165) is 25.7 Å². The molecule has 4 fully saturated rings. The fraction of sp³-hybridized carbons (Fsp3) is 1.00. The fourth-order valence-corrected chi connectivity index (χ4v) is 4.81. The van der Waals surface area contributed by atoms with Gasteiger partial charge in [-0.15, -0.1) is 0 Å². The quantitative estimate of drug-likeness (QED) is 0.734. The molecule has 4 aliphatic rings. The Morgan fingerprint density at radius 2 is 1.12 bits per heavy atom. The molecule has 26 heavy (non-hydrogen) atoms. The van der Waals surface area contributed by atoms with Crippen molar-refractivity contribution in [2.24, 2.45) is 0 Å². The molecule has 8 atom stereocenters. The molecule has 0 bridgehead atoms. The Balaban J connectivity index is 1.54. The van der Waals surface area contributed by atoms with Crippen molar-refractivity contribution in [3.63, 3.8) is 0 Å². The Kier molecular flexibility index (Phi) is 5.31. The third kappa shape index (κ3) is 3.00. The topological polar surface area (TPSA) is 73.8 Å². The van der Waals surface area contributed by atoms with Gasteiger partial charge in [0.2, 0.25) is 0 Å². The monoisotopic (exact) mass is 374 g/mol. The molecular formula is C18H30O8. The number of hydrogen-bond acceptors (Lipinski definition) is 8. The third-order valence-electron chi connectivity index (χ3n) is 6.30. The summed E-state index contributed by atoms with van der Waals surface area (Å²) in [5.74, 6) is -1.52. The lowest BCUT2D eigenvalue weighted by Gasteiger charge is -2.57. The molecule has 8 nitrogen and oxygen atoms in total. The van der Waals surface area contributed by atoms with E-state index in [9.17, 15) is 0 Å². The van der Waals surface area contributed by atoms with Crippen LogP contribution in [0, 0.1) is 0 Å². The highest BCUT2D eigenvalue weighted by Gasteiger charge is 2.60. The molecule has 2 unspecified atom stereocenters. The highest BCUT2D eigenvalue weighted by molar-refractivity contribution is 5.02. The van der Waals surface area contributed by atoms with Crippen LogP contribution in [0.4, 0.5) is 0 Å². The van der Waals surface area contributed by atoms with Crippen LogP contribution in [0.25, 0.3) is 0 Å². The van der Waals surface area contributed by atoms with Crippen LogP contribution in [0.3, 0.4) is 0 Å². The largest absolute Gasteiger partial charge is 0.356 e. The van der Waals surface area contributed by atoms with Gasteiger partial charge >= 0.3 is 0 Å². The molecule has 4 heterocycles. The Labute approximate surface area is 154 Å². The van der Waals surface area contributed by atoms with E-state index in [4.69, 9.17) is 37.9 Å². The fourth-order valence-electron chi connectivity index (χ4n) is 4.81. The summed E-state index contributed by atoms with van der Waals surface area (Å²) in [6.07, 6.45) is 3.00. The van der Waals surface area contributed by atoms with Crippen molar-refractivity contribution in [2.75, 3.05) is 28.4 Å². The summed E-state index contributed by atoms with van der Waals surface area (Å²) in [5.41, 5.74) is 0. The molecule has 0 amide bonds. The van der Waals surface area contributed by atoms with E-state index in [1.165, 1.54) is 0 Å².